The number of aromatic nitrogens is 1. The van der Waals surface area contributed by atoms with E-state index in [0.717, 1.165) is 66.7 Å². The Morgan fingerprint density at radius 3 is 2.60 bits per heavy atom. The zero-order valence-corrected chi connectivity index (χ0v) is 28.5. The molecule has 0 saturated carbocycles. The van der Waals surface area contributed by atoms with Gasteiger partial charge in [-0.2, -0.15) is 5.26 Å². The molecule has 1 atom stereocenters. The third kappa shape index (κ3) is 8.04. The van der Waals surface area contributed by atoms with Crippen molar-refractivity contribution in [1.29, 1.82) is 5.26 Å². The van der Waals surface area contributed by atoms with Gasteiger partial charge in [-0.1, -0.05) is 53.5 Å². The van der Waals surface area contributed by atoms with Crippen LogP contribution < -0.4 is 19.5 Å². The summed E-state index contributed by atoms with van der Waals surface area (Å²) < 4.78 is 32.4. The van der Waals surface area contributed by atoms with Crippen LogP contribution in [0.15, 0.2) is 67.0 Å². The molecule has 1 aliphatic carbocycles. The number of likely N-dealkylation sites (tertiary alicyclic amines) is 1. The Morgan fingerprint density at radius 2 is 1.79 bits per heavy atom. The second-order valence-corrected chi connectivity index (χ2v) is 13.0. The van der Waals surface area contributed by atoms with Crippen LogP contribution in [0.5, 0.6) is 17.2 Å². The van der Waals surface area contributed by atoms with Gasteiger partial charge in [-0.25, -0.2) is 4.39 Å². The summed E-state index contributed by atoms with van der Waals surface area (Å²) in [6.07, 6.45) is 6.06. The van der Waals surface area contributed by atoms with E-state index < -0.39 is 6.17 Å². The summed E-state index contributed by atoms with van der Waals surface area (Å²) in [6.45, 7) is 3.86. The van der Waals surface area contributed by atoms with Gasteiger partial charge in [0.15, 0.2) is 0 Å². The van der Waals surface area contributed by atoms with Gasteiger partial charge in [-0.15, -0.1) is 0 Å². The van der Waals surface area contributed by atoms with Crippen molar-refractivity contribution in [3.05, 3.63) is 105 Å². The van der Waals surface area contributed by atoms with E-state index in [1.54, 1.807) is 12.3 Å². The lowest BCUT2D eigenvalue weighted by atomic mass is 9.96. The molecular formula is C38H39Cl2FN4O3. The predicted octanol–water partition coefficient (Wildman–Crippen LogP) is 8.49. The Hall–Kier alpha value is -3.87. The SMILES string of the molecule is CNCc1cc(Cl)c(O[C@H]2CCc3c(-c4cccc(OCCCN5CCC(F)CC5)c4Cl)cccc32)cc1OCc1cncc(C#N)c1. The van der Waals surface area contributed by atoms with E-state index in [0.29, 0.717) is 58.9 Å². The molecule has 4 aromatic rings. The maximum atomic E-state index is 13.5. The van der Waals surface area contributed by atoms with E-state index >= 15 is 0 Å². The highest BCUT2D eigenvalue weighted by Gasteiger charge is 2.28. The Morgan fingerprint density at radius 1 is 0.979 bits per heavy atom. The molecule has 1 aromatic heterocycles. The van der Waals surface area contributed by atoms with Crippen LogP contribution in [0, 0.1) is 11.3 Å². The van der Waals surface area contributed by atoms with Gasteiger partial charge in [0.2, 0.25) is 0 Å². The van der Waals surface area contributed by atoms with E-state index in [1.807, 2.05) is 43.4 Å². The number of benzene rings is 3. The molecule has 1 aliphatic heterocycles. The smallest absolute Gasteiger partial charge is 0.142 e. The largest absolute Gasteiger partial charge is 0.492 e. The molecule has 3 aromatic carbocycles. The molecule has 6 rings (SSSR count). The fourth-order valence-corrected chi connectivity index (χ4v) is 7.00. The second-order valence-electron chi connectivity index (χ2n) is 12.3. The normalized spacial score (nSPS) is 16.4. The molecule has 48 heavy (non-hydrogen) atoms. The van der Waals surface area contributed by atoms with E-state index in [2.05, 4.69) is 33.4 Å². The highest BCUT2D eigenvalue weighted by molar-refractivity contribution is 6.35. The fourth-order valence-electron chi connectivity index (χ4n) is 6.49. The van der Waals surface area contributed by atoms with Crippen LogP contribution in [-0.2, 0) is 19.6 Å². The van der Waals surface area contributed by atoms with E-state index in [9.17, 15) is 9.65 Å². The number of fused-ring (bicyclic) bond motifs is 1. The minimum Gasteiger partial charge on any atom is -0.492 e. The molecule has 0 spiro atoms. The Labute approximate surface area is 291 Å². The first kappa shape index (κ1) is 34.0. The van der Waals surface area contributed by atoms with Gasteiger partial charge in [0.05, 0.1) is 22.2 Å². The monoisotopic (exact) mass is 688 g/mol. The number of nitrogens with one attached hydrogen (secondary N) is 1. The van der Waals surface area contributed by atoms with Crippen LogP contribution >= 0.6 is 23.2 Å². The number of halogens is 3. The number of nitrogens with zero attached hydrogens (tertiary/aromatic N) is 3. The maximum Gasteiger partial charge on any atom is 0.142 e. The molecule has 0 radical (unpaired) electrons. The van der Waals surface area contributed by atoms with Crippen molar-refractivity contribution in [3.63, 3.8) is 0 Å². The molecule has 1 saturated heterocycles. The Bertz CT molecular complexity index is 1770. The number of alkyl halides is 1. The third-order valence-corrected chi connectivity index (χ3v) is 9.62. The van der Waals surface area contributed by atoms with Crippen LogP contribution in [0.3, 0.4) is 0 Å². The molecule has 0 unspecified atom stereocenters. The number of ether oxygens (including phenoxy) is 3. The molecule has 7 nitrogen and oxygen atoms in total. The van der Waals surface area contributed by atoms with Crippen molar-refractivity contribution in [2.24, 2.45) is 0 Å². The van der Waals surface area contributed by atoms with Gasteiger partial charge in [0.1, 0.15) is 42.2 Å². The summed E-state index contributed by atoms with van der Waals surface area (Å²) >= 11 is 13.7. The molecule has 0 amide bonds. The van der Waals surface area contributed by atoms with Crippen molar-refractivity contribution in [3.8, 4) is 34.4 Å². The second kappa shape index (κ2) is 16.0. The van der Waals surface area contributed by atoms with E-state index in [1.165, 1.54) is 11.8 Å². The maximum absolute atomic E-state index is 13.5. The molecule has 1 N–H and O–H groups in total. The highest BCUT2D eigenvalue weighted by atomic mass is 35.5. The summed E-state index contributed by atoms with van der Waals surface area (Å²) in [5.74, 6) is 1.85. The van der Waals surface area contributed by atoms with Crippen molar-refractivity contribution >= 4 is 23.2 Å². The van der Waals surface area contributed by atoms with Crippen molar-refractivity contribution < 1.29 is 18.6 Å². The molecule has 0 bridgehead atoms. The van der Waals surface area contributed by atoms with Gasteiger partial charge < -0.3 is 24.4 Å². The quantitative estimate of drug-likeness (QED) is 0.141. The lowest BCUT2D eigenvalue weighted by Crippen LogP contribution is -2.35. The van der Waals surface area contributed by atoms with Crippen molar-refractivity contribution in [1.82, 2.24) is 15.2 Å². The number of pyridine rings is 1. The lowest BCUT2D eigenvalue weighted by Gasteiger charge is -2.28. The van der Waals surface area contributed by atoms with Gasteiger partial charge in [-0.3, -0.25) is 4.98 Å². The predicted molar refractivity (Wildman–Crippen MR) is 187 cm³/mol. The first-order valence-electron chi connectivity index (χ1n) is 16.4. The molecular weight excluding hydrogens is 650 g/mol. The highest BCUT2D eigenvalue weighted by Crippen LogP contribution is 2.45. The number of hydrogen-bond donors (Lipinski definition) is 1. The molecule has 1 fully saturated rings. The Balaban J connectivity index is 1.16. The van der Waals surface area contributed by atoms with Gasteiger partial charge >= 0.3 is 0 Å². The van der Waals surface area contributed by atoms with Gasteiger partial charge in [-0.05, 0) is 74.0 Å². The number of rotatable bonds is 13. The summed E-state index contributed by atoms with van der Waals surface area (Å²) in [5.41, 5.74) is 6.46. The lowest BCUT2D eigenvalue weighted by molar-refractivity contribution is 0.143. The molecule has 2 aliphatic rings. The van der Waals surface area contributed by atoms with E-state index in [-0.39, 0.29) is 12.7 Å². The fraction of sp³-hybridized carbons (Fsp3) is 0.368. The van der Waals surface area contributed by atoms with Gasteiger partial charge in [0.25, 0.3) is 0 Å². The summed E-state index contributed by atoms with van der Waals surface area (Å²) in [7, 11) is 1.86. The zero-order chi connectivity index (χ0) is 33.5. The number of piperidine rings is 1. The van der Waals surface area contributed by atoms with Gasteiger partial charge in [0, 0.05) is 61.3 Å². The number of nitriles is 1. The standard InChI is InChI=1S/C38H39Cl2FN4O3/c1-43-23-27-18-33(39)37(19-36(27)47-24-26-17-25(20-42)21-44-22-26)48-34-10-9-30-29(5-2-6-31(30)34)32-7-3-8-35(38(32)40)46-16-4-13-45-14-11-28(41)12-15-45/h2-3,5-8,17-19,21-22,28,34,43H,4,9-16,23-24H2,1H3/t34-/m0/s1. The van der Waals surface area contributed by atoms with E-state index in [4.69, 9.17) is 37.4 Å². The van der Waals surface area contributed by atoms with Crippen LogP contribution in [0.1, 0.15) is 59.6 Å². The summed E-state index contributed by atoms with van der Waals surface area (Å²) in [5, 5.41) is 13.5. The zero-order valence-electron chi connectivity index (χ0n) is 27.0. The molecule has 2 heterocycles. The first-order valence-corrected chi connectivity index (χ1v) is 17.2. The average Bonchev–Trinajstić information content (AvgIpc) is 3.52. The summed E-state index contributed by atoms with van der Waals surface area (Å²) in [4.78, 5) is 6.44. The third-order valence-electron chi connectivity index (χ3n) is 8.93. The topological polar surface area (TPSA) is 79.6 Å². The van der Waals surface area contributed by atoms with Crippen molar-refractivity contribution in [2.45, 2.75) is 57.5 Å². The minimum absolute atomic E-state index is 0.197. The number of hydrogen-bond acceptors (Lipinski definition) is 7. The molecule has 250 valence electrons. The van der Waals surface area contributed by atoms with Crippen LogP contribution in [-0.4, -0.2) is 49.3 Å². The van der Waals surface area contributed by atoms with Crippen LogP contribution in [0.2, 0.25) is 10.0 Å². The molecule has 10 heteroatoms. The minimum atomic E-state index is -0.662. The van der Waals surface area contributed by atoms with Crippen molar-refractivity contribution in [2.75, 3.05) is 33.3 Å². The van der Waals surface area contributed by atoms with Crippen LogP contribution in [0.25, 0.3) is 11.1 Å². The first-order chi connectivity index (χ1) is 23.4. The average molecular weight is 690 g/mol. The Kier molecular flexibility index (Phi) is 11.3. The summed E-state index contributed by atoms with van der Waals surface area (Å²) in [6, 6.07) is 19.8. The van der Waals surface area contributed by atoms with Crippen LogP contribution in [0.4, 0.5) is 4.39 Å².